The van der Waals surface area contributed by atoms with Crippen molar-refractivity contribution in [3.05, 3.63) is 0 Å². The lowest BCUT2D eigenvalue weighted by atomic mass is 10.4. The SMILES string of the molecule is CCOC(=O)CCNCCC#N. The molecule has 0 aliphatic carbocycles. The maximum Gasteiger partial charge on any atom is 0.307 e. The van der Waals surface area contributed by atoms with Crippen LogP contribution in [0.1, 0.15) is 19.8 Å². The molecule has 4 nitrogen and oxygen atoms in total. The monoisotopic (exact) mass is 170 g/mol. The largest absolute Gasteiger partial charge is 0.466 e. The Bertz CT molecular complexity index is 163. The van der Waals surface area contributed by atoms with Crippen molar-refractivity contribution < 1.29 is 9.53 Å². The highest BCUT2D eigenvalue weighted by atomic mass is 16.5. The summed E-state index contributed by atoms with van der Waals surface area (Å²) in [4.78, 5) is 10.7. The minimum absolute atomic E-state index is 0.193. The summed E-state index contributed by atoms with van der Waals surface area (Å²) >= 11 is 0. The van der Waals surface area contributed by atoms with Gasteiger partial charge in [-0.2, -0.15) is 5.26 Å². The fourth-order valence-corrected chi connectivity index (χ4v) is 0.693. The van der Waals surface area contributed by atoms with Gasteiger partial charge in [0.15, 0.2) is 0 Å². The molecule has 0 atom stereocenters. The lowest BCUT2D eigenvalue weighted by molar-refractivity contribution is -0.142. The Balaban J connectivity index is 3.09. The zero-order valence-corrected chi connectivity index (χ0v) is 7.30. The molecule has 0 bridgehead atoms. The Morgan fingerprint density at radius 3 is 2.92 bits per heavy atom. The van der Waals surface area contributed by atoms with E-state index in [0.29, 0.717) is 32.5 Å². The summed E-state index contributed by atoms with van der Waals surface area (Å²) in [6.45, 7) is 3.43. The van der Waals surface area contributed by atoms with Crippen LogP contribution < -0.4 is 5.32 Å². The number of ether oxygens (including phenoxy) is 1. The van der Waals surface area contributed by atoms with Crippen LogP contribution in [-0.4, -0.2) is 25.7 Å². The van der Waals surface area contributed by atoms with Gasteiger partial charge in [0.2, 0.25) is 0 Å². The van der Waals surface area contributed by atoms with Gasteiger partial charge < -0.3 is 10.1 Å². The minimum atomic E-state index is -0.193. The first kappa shape index (κ1) is 10.9. The minimum Gasteiger partial charge on any atom is -0.466 e. The van der Waals surface area contributed by atoms with Gasteiger partial charge in [0.1, 0.15) is 0 Å². The first-order valence-corrected chi connectivity index (χ1v) is 4.04. The Morgan fingerprint density at radius 1 is 1.58 bits per heavy atom. The van der Waals surface area contributed by atoms with Crippen molar-refractivity contribution in [1.82, 2.24) is 5.32 Å². The number of esters is 1. The highest BCUT2D eigenvalue weighted by molar-refractivity contribution is 5.69. The standard InChI is InChI=1S/C8H14N2O2/c1-2-12-8(11)4-7-10-6-3-5-9/h10H,2-4,6-7H2,1H3. The Morgan fingerprint density at radius 2 is 2.33 bits per heavy atom. The van der Waals surface area contributed by atoms with Gasteiger partial charge in [0.25, 0.3) is 0 Å². The number of rotatable bonds is 6. The van der Waals surface area contributed by atoms with Crippen molar-refractivity contribution in [3.8, 4) is 6.07 Å². The third-order valence-electron chi connectivity index (χ3n) is 1.22. The van der Waals surface area contributed by atoms with Crippen LogP contribution in [0, 0.1) is 11.3 Å². The van der Waals surface area contributed by atoms with Crippen LogP contribution in [0.15, 0.2) is 0 Å². The predicted octanol–water partition coefficient (Wildman–Crippen LogP) is 0.443. The second-order valence-electron chi connectivity index (χ2n) is 2.21. The molecule has 0 unspecified atom stereocenters. The second-order valence-corrected chi connectivity index (χ2v) is 2.21. The number of nitrogens with one attached hydrogen (secondary N) is 1. The molecule has 0 aromatic heterocycles. The van der Waals surface area contributed by atoms with Crippen molar-refractivity contribution in [2.75, 3.05) is 19.7 Å². The van der Waals surface area contributed by atoms with Gasteiger partial charge in [-0.25, -0.2) is 0 Å². The molecule has 0 aromatic rings. The number of hydrogen-bond acceptors (Lipinski definition) is 4. The van der Waals surface area contributed by atoms with Crippen LogP contribution in [-0.2, 0) is 9.53 Å². The predicted molar refractivity (Wildman–Crippen MR) is 44.3 cm³/mol. The summed E-state index contributed by atoms with van der Waals surface area (Å²) in [5.74, 6) is -0.193. The van der Waals surface area contributed by atoms with E-state index in [1.807, 2.05) is 6.07 Å². The van der Waals surface area contributed by atoms with Crippen LogP contribution in [0.25, 0.3) is 0 Å². The number of hydrogen-bond donors (Lipinski definition) is 1. The van der Waals surface area contributed by atoms with Crippen LogP contribution in [0.3, 0.4) is 0 Å². The van der Waals surface area contributed by atoms with Crippen molar-refractivity contribution in [1.29, 1.82) is 5.26 Å². The van der Waals surface area contributed by atoms with E-state index in [1.165, 1.54) is 0 Å². The van der Waals surface area contributed by atoms with Gasteiger partial charge in [-0.3, -0.25) is 4.79 Å². The van der Waals surface area contributed by atoms with Crippen LogP contribution >= 0.6 is 0 Å². The molecule has 0 aliphatic rings. The van der Waals surface area contributed by atoms with E-state index in [2.05, 4.69) is 5.32 Å². The number of carbonyl (C=O) groups is 1. The van der Waals surface area contributed by atoms with Gasteiger partial charge >= 0.3 is 5.97 Å². The quantitative estimate of drug-likeness (QED) is 0.464. The number of nitrogens with zero attached hydrogens (tertiary/aromatic N) is 1. The van der Waals surface area contributed by atoms with Gasteiger partial charge in [-0.1, -0.05) is 0 Å². The fraction of sp³-hybridized carbons (Fsp3) is 0.750. The molecule has 0 aromatic carbocycles. The second kappa shape index (κ2) is 8.02. The highest BCUT2D eigenvalue weighted by Crippen LogP contribution is 1.83. The molecule has 1 N–H and O–H groups in total. The third kappa shape index (κ3) is 7.03. The average Bonchev–Trinajstić information content (AvgIpc) is 2.05. The molecule has 12 heavy (non-hydrogen) atoms. The summed E-state index contributed by atoms with van der Waals surface area (Å²) in [6.07, 6.45) is 0.849. The van der Waals surface area contributed by atoms with Crippen LogP contribution in [0.5, 0.6) is 0 Å². The summed E-state index contributed by atoms with van der Waals surface area (Å²) in [5, 5.41) is 11.1. The van der Waals surface area contributed by atoms with E-state index in [1.54, 1.807) is 6.92 Å². The van der Waals surface area contributed by atoms with Crippen molar-refractivity contribution in [2.45, 2.75) is 19.8 Å². The molecule has 0 heterocycles. The highest BCUT2D eigenvalue weighted by Gasteiger charge is 1.98. The molecule has 0 rings (SSSR count). The normalized spacial score (nSPS) is 9.00. The van der Waals surface area contributed by atoms with Crippen LogP contribution in [0.2, 0.25) is 0 Å². The number of carbonyl (C=O) groups excluding carboxylic acids is 1. The van der Waals surface area contributed by atoms with Gasteiger partial charge in [0.05, 0.1) is 19.1 Å². The third-order valence-corrected chi connectivity index (χ3v) is 1.22. The molecule has 0 spiro atoms. The maximum absolute atomic E-state index is 10.7. The molecule has 0 radical (unpaired) electrons. The molecular weight excluding hydrogens is 156 g/mol. The zero-order valence-electron chi connectivity index (χ0n) is 7.30. The average molecular weight is 170 g/mol. The van der Waals surface area contributed by atoms with Crippen molar-refractivity contribution in [3.63, 3.8) is 0 Å². The summed E-state index contributed by atoms with van der Waals surface area (Å²) in [6, 6.07) is 2.00. The van der Waals surface area contributed by atoms with E-state index in [-0.39, 0.29) is 5.97 Å². The van der Waals surface area contributed by atoms with Gasteiger partial charge in [0, 0.05) is 19.5 Å². The first-order valence-electron chi connectivity index (χ1n) is 4.04. The van der Waals surface area contributed by atoms with Crippen LogP contribution in [0.4, 0.5) is 0 Å². The Hall–Kier alpha value is -1.08. The van der Waals surface area contributed by atoms with Gasteiger partial charge in [-0.15, -0.1) is 0 Å². The molecule has 0 amide bonds. The number of nitriles is 1. The van der Waals surface area contributed by atoms with E-state index < -0.39 is 0 Å². The fourth-order valence-electron chi connectivity index (χ4n) is 0.693. The molecule has 4 heteroatoms. The molecular formula is C8H14N2O2. The molecule has 0 aliphatic heterocycles. The van der Waals surface area contributed by atoms with E-state index in [9.17, 15) is 4.79 Å². The van der Waals surface area contributed by atoms with E-state index >= 15 is 0 Å². The van der Waals surface area contributed by atoms with E-state index in [4.69, 9.17) is 10.00 Å². The van der Waals surface area contributed by atoms with Crippen molar-refractivity contribution in [2.24, 2.45) is 0 Å². The Kier molecular flexibility index (Phi) is 7.30. The lowest BCUT2D eigenvalue weighted by Crippen LogP contribution is -2.20. The topological polar surface area (TPSA) is 62.1 Å². The maximum atomic E-state index is 10.7. The molecule has 68 valence electrons. The Labute approximate surface area is 72.5 Å². The molecule has 0 fully saturated rings. The summed E-state index contributed by atoms with van der Waals surface area (Å²) < 4.78 is 4.70. The van der Waals surface area contributed by atoms with Gasteiger partial charge in [-0.05, 0) is 6.92 Å². The summed E-state index contributed by atoms with van der Waals surface area (Å²) in [7, 11) is 0. The lowest BCUT2D eigenvalue weighted by Gasteiger charge is -2.01. The molecule has 0 saturated carbocycles. The van der Waals surface area contributed by atoms with E-state index in [0.717, 1.165) is 0 Å². The molecule has 0 saturated heterocycles. The first-order chi connectivity index (χ1) is 5.81. The van der Waals surface area contributed by atoms with Crippen molar-refractivity contribution >= 4 is 5.97 Å². The zero-order chi connectivity index (χ0) is 9.23. The smallest absolute Gasteiger partial charge is 0.307 e. The summed E-state index contributed by atoms with van der Waals surface area (Å²) in [5.41, 5.74) is 0.